The van der Waals surface area contributed by atoms with Gasteiger partial charge in [0.1, 0.15) is 0 Å². The molecule has 0 aromatic rings. The topological polar surface area (TPSA) is 18.5 Å². The van der Waals surface area contributed by atoms with Gasteiger partial charge in [0.2, 0.25) is 0 Å². The first-order valence-corrected chi connectivity index (χ1v) is 9.22. The van der Waals surface area contributed by atoms with Crippen molar-refractivity contribution >= 4 is 0 Å². The van der Waals surface area contributed by atoms with Gasteiger partial charge in [-0.3, -0.25) is 0 Å². The predicted molar refractivity (Wildman–Crippen MR) is 65.1 cm³/mol. The van der Waals surface area contributed by atoms with E-state index < -0.39 is 0 Å². The number of rotatable bonds is 4. The van der Waals surface area contributed by atoms with Crippen molar-refractivity contribution in [1.29, 1.82) is 0 Å². The Kier molecular flexibility index (Phi) is 4.77. The molecule has 2 heterocycles. The van der Waals surface area contributed by atoms with Crippen LogP contribution in [0.4, 0.5) is 0 Å². The van der Waals surface area contributed by atoms with Crippen LogP contribution in [-0.4, -0.2) is 14.6 Å². The molecule has 98 valence electrons. The van der Waals surface area contributed by atoms with E-state index in [4.69, 9.17) is 9.47 Å². The zero-order chi connectivity index (χ0) is 12.3. The Morgan fingerprint density at radius 1 is 1.29 bits per heavy atom. The fourth-order valence-electron chi connectivity index (χ4n) is 2.40. The molecule has 0 aromatic carbocycles. The Bertz CT molecular complexity index is 322. The van der Waals surface area contributed by atoms with Crippen molar-refractivity contribution in [3.8, 4) is 0 Å². The molecule has 2 nitrogen and oxygen atoms in total. The molecule has 2 aliphatic heterocycles. The molecule has 0 N–H and O–H groups in total. The molecular formula is C14H22IO2-. The summed E-state index contributed by atoms with van der Waals surface area (Å²) in [6.07, 6.45) is 8.34. The molecule has 2 aliphatic rings. The van der Waals surface area contributed by atoms with Crippen LogP contribution in [0.1, 0.15) is 40.0 Å². The van der Waals surface area contributed by atoms with Crippen molar-refractivity contribution in [3.05, 3.63) is 23.7 Å². The van der Waals surface area contributed by atoms with Gasteiger partial charge in [-0.1, -0.05) is 0 Å². The molecule has 0 bridgehead atoms. The quantitative estimate of drug-likeness (QED) is 0.542. The first-order valence-electron chi connectivity index (χ1n) is 6.45. The molecule has 0 radical (unpaired) electrons. The summed E-state index contributed by atoms with van der Waals surface area (Å²) in [6.45, 7) is 6.40. The van der Waals surface area contributed by atoms with Gasteiger partial charge in [-0.15, -0.1) is 0 Å². The third kappa shape index (κ3) is 3.39. The number of hydrogen-bond donors (Lipinski definition) is 0. The minimum absolute atomic E-state index is 0.135. The van der Waals surface area contributed by atoms with Crippen molar-refractivity contribution in [2.45, 2.75) is 50.2 Å². The van der Waals surface area contributed by atoms with E-state index >= 15 is 0 Å². The summed E-state index contributed by atoms with van der Waals surface area (Å²) in [5, 5.41) is 0. The Hall–Kier alpha value is -0.190. The summed E-state index contributed by atoms with van der Waals surface area (Å²) in [7, 11) is 0. The van der Waals surface area contributed by atoms with Crippen molar-refractivity contribution in [3.63, 3.8) is 0 Å². The van der Waals surface area contributed by atoms with E-state index in [9.17, 15) is 0 Å². The van der Waals surface area contributed by atoms with Crippen LogP contribution in [0.5, 0.6) is 0 Å². The SMILES string of the molecule is CCC[C@H](C1OC(C)=CC[I-]1)[C@@H]1CC=C(C)O1. The first kappa shape index (κ1) is 13.2. The Balaban J connectivity index is 1.99. The first-order chi connectivity index (χ1) is 8.20. The van der Waals surface area contributed by atoms with Crippen LogP contribution in [0.25, 0.3) is 0 Å². The van der Waals surface area contributed by atoms with Crippen LogP contribution in [-0.2, 0) is 9.47 Å². The molecular weight excluding hydrogens is 327 g/mol. The molecule has 0 fully saturated rings. The number of alkyl halides is 2. The molecule has 1 unspecified atom stereocenters. The van der Waals surface area contributed by atoms with Crippen LogP contribution >= 0.6 is 0 Å². The summed E-state index contributed by atoms with van der Waals surface area (Å²) in [5.74, 6) is 2.80. The van der Waals surface area contributed by atoms with Crippen LogP contribution in [0.3, 0.4) is 0 Å². The van der Waals surface area contributed by atoms with Gasteiger partial charge in [0, 0.05) is 0 Å². The average Bonchev–Trinajstić information content (AvgIpc) is 2.72. The van der Waals surface area contributed by atoms with Gasteiger partial charge in [0.05, 0.1) is 0 Å². The molecule has 0 spiro atoms. The van der Waals surface area contributed by atoms with Gasteiger partial charge in [-0.2, -0.15) is 0 Å². The fourth-order valence-corrected chi connectivity index (χ4v) is 5.83. The zero-order valence-corrected chi connectivity index (χ0v) is 13.1. The van der Waals surface area contributed by atoms with E-state index in [0.717, 1.165) is 17.9 Å². The summed E-state index contributed by atoms with van der Waals surface area (Å²) >= 11 is 0.135. The molecule has 0 amide bonds. The molecule has 0 saturated carbocycles. The molecule has 0 saturated heterocycles. The summed E-state index contributed by atoms with van der Waals surface area (Å²) in [5.41, 5.74) is 0. The average molecular weight is 349 g/mol. The Morgan fingerprint density at radius 3 is 2.65 bits per heavy atom. The van der Waals surface area contributed by atoms with Crippen molar-refractivity contribution < 1.29 is 30.7 Å². The van der Waals surface area contributed by atoms with Gasteiger partial charge in [-0.25, -0.2) is 0 Å². The fraction of sp³-hybridized carbons (Fsp3) is 0.714. The third-order valence-corrected chi connectivity index (χ3v) is 6.31. The second-order valence-electron chi connectivity index (χ2n) is 4.75. The number of hydrogen-bond acceptors (Lipinski definition) is 2. The van der Waals surface area contributed by atoms with Gasteiger partial charge < -0.3 is 0 Å². The Labute approximate surface area is 115 Å². The van der Waals surface area contributed by atoms with E-state index in [1.165, 1.54) is 17.3 Å². The van der Waals surface area contributed by atoms with Crippen molar-refractivity contribution in [2.24, 2.45) is 5.92 Å². The van der Waals surface area contributed by atoms with Crippen LogP contribution in [0, 0.1) is 5.92 Å². The van der Waals surface area contributed by atoms with Crippen molar-refractivity contribution in [1.82, 2.24) is 0 Å². The number of halogens is 1. The molecule has 0 aliphatic carbocycles. The van der Waals surface area contributed by atoms with Gasteiger partial charge in [0.25, 0.3) is 0 Å². The number of ether oxygens (including phenoxy) is 2. The zero-order valence-electron chi connectivity index (χ0n) is 10.9. The maximum atomic E-state index is 6.06. The molecule has 17 heavy (non-hydrogen) atoms. The molecule has 3 heteroatoms. The van der Waals surface area contributed by atoms with Crippen molar-refractivity contribution in [2.75, 3.05) is 4.43 Å². The van der Waals surface area contributed by atoms with Crippen LogP contribution in [0.2, 0.25) is 0 Å². The summed E-state index contributed by atoms with van der Waals surface area (Å²) < 4.78 is 13.7. The monoisotopic (exact) mass is 349 g/mol. The molecule has 0 aromatic heterocycles. The second-order valence-corrected chi connectivity index (χ2v) is 7.74. The summed E-state index contributed by atoms with van der Waals surface area (Å²) in [6, 6.07) is 0. The van der Waals surface area contributed by atoms with E-state index in [1.54, 1.807) is 0 Å². The molecule has 2 rings (SSSR count). The van der Waals surface area contributed by atoms with E-state index in [0.29, 0.717) is 16.1 Å². The van der Waals surface area contributed by atoms with E-state index in [2.05, 4.69) is 32.9 Å². The molecule has 3 atom stereocenters. The van der Waals surface area contributed by atoms with Crippen LogP contribution in [0.15, 0.2) is 23.7 Å². The van der Waals surface area contributed by atoms with Gasteiger partial charge >= 0.3 is 115 Å². The second kappa shape index (κ2) is 6.12. The number of allylic oxidation sites excluding steroid dienone is 3. The normalized spacial score (nSPS) is 30.5. The van der Waals surface area contributed by atoms with E-state index in [-0.39, 0.29) is 21.2 Å². The van der Waals surface area contributed by atoms with Crippen LogP contribution < -0.4 is 21.2 Å². The van der Waals surface area contributed by atoms with E-state index in [1.807, 2.05) is 0 Å². The standard InChI is InChI=1S/C14H22IO2/c1-4-5-12(13-7-6-10(2)16-13)14-15-9-8-11(3)17-14/h6,8,12-14H,4-5,7,9H2,1-3H3/q-1/t12-,13-,14?/m0/s1. The van der Waals surface area contributed by atoms with Gasteiger partial charge in [0.15, 0.2) is 0 Å². The van der Waals surface area contributed by atoms with Gasteiger partial charge in [-0.05, 0) is 0 Å². The Morgan fingerprint density at radius 2 is 2.06 bits per heavy atom. The maximum absolute atomic E-state index is 6.06. The third-order valence-electron chi connectivity index (χ3n) is 3.32. The predicted octanol–water partition coefficient (Wildman–Crippen LogP) is 0.444. The minimum atomic E-state index is 0.135. The summed E-state index contributed by atoms with van der Waals surface area (Å²) in [4.78, 5) is 0.